The smallest absolute Gasteiger partial charge is 0.290 e. The molecule has 0 spiro atoms. The van der Waals surface area contributed by atoms with Gasteiger partial charge in [0.15, 0.2) is 0 Å². The van der Waals surface area contributed by atoms with E-state index in [-0.39, 0.29) is 17.4 Å². The van der Waals surface area contributed by atoms with Crippen molar-refractivity contribution in [1.82, 2.24) is 9.55 Å². The predicted octanol–water partition coefficient (Wildman–Crippen LogP) is 4.14. The Hall–Kier alpha value is -3.21. The summed E-state index contributed by atoms with van der Waals surface area (Å²) in [5.41, 5.74) is 3.14. The summed E-state index contributed by atoms with van der Waals surface area (Å²) in [7, 11) is 0. The van der Waals surface area contributed by atoms with Gasteiger partial charge in [0.2, 0.25) is 5.78 Å². The van der Waals surface area contributed by atoms with E-state index in [1.165, 1.54) is 10.1 Å². The molecule has 0 unspecified atom stereocenters. The third kappa shape index (κ3) is 4.67. The summed E-state index contributed by atoms with van der Waals surface area (Å²) in [6.45, 7) is 7.94. The van der Waals surface area contributed by atoms with Crippen molar-refractivity contribution in [3.05, 3.63) is 103 Å². The number of aromatic amines is 1. The highest BCUT2D eigenvalue weighted by molar-refractivity contribution is 6.09. The lowest BCUT2D eigenvalue weighted by atomic mass is 9.95. The van der Waals surface area contributed by atoms with E-state index in [0.29, 0.717) is 24.1 Å². The maximum absolute atomic E-state index is 13.5. The Balaban J connectivity index is 2.07. The van der Waals surface area contributed by atoms with Crippen LogP contribution in [-0.4, -0.2) is 15.3 Å². The van der Waals surface area contributed by atoms with Crippen LogP contribution in [0.15, 0.2) is 58.1 Å². The molecule has 0 aliphatic carbocycles. The third-order valence-corrected chi connectivity index (χ3v) is 5.20. The number of H-pyrrole nitrogens is 1. The minimum absolute atomic E-state index is 0.195. The van der Waals surface area contributed by atoms with Gasteiger partial charge in [0.25, 0.3) is 5.56 Å². The standard InChI is InChI=1S/C25H28N2O3/c1-16(2)21-22(23(28)20-14-17(3)13-18(4)15-20)27(25(30)26-24(21)29)12-8-11-19-9-6-5-7-10-19/h5-7,9-10,13-16H,8,11-12H2,1-4H3,(H,26,29,30). The van der Waals surface area contributed by atoms with Gasteiger partial charge in [-0.2, -0.15) is 0 Å². The molecule has 0 saturated carbocycles. The zero-order valence-electron chi connectivity index (χ0n) is 18.0. The van der Waals surface area contributed by atoms with E-state index in [2.05, 4.69) is 4.98 Å². The van der Waals surface area contributed by atoms with Gasteiger partial charge < -0.3 is 0 Å². The number of hydrogen-bond acceptors (Lipinski definition) is 3. The van der Waals surface area contributed by atoms with E-state index in [1.54, 1.807) is 12.1 Å². The molecule has 0 aliphatic heterocycles. The van der Waals surface area contributed by atoms with Gasteiger partial charge in [-0.1, -0.05) is 61.4 Å². The monoisotopic (exact) mass is 404 g/mol. The third-order valence-electron chi connectivity index (χ3n) is 5.20. The summed E-state index contributed by atoms with van der Waals surface area (Å²) in [5.74, 6) is -0.479. The lowest BCUT2D eigenvalue weighted by molar-refractivity contribution is 0.102. The SMILES string of the molecule is Cc1cc(C)cc(C(=O)c2c(C(C)C)c(=O)[nH]c(=O)n2CCCc2ccccc2)c1. The van der Waals surface area contributed by atoms with E-state index in [4.69, 9.17) is 0 Å². The molecule has 5 heteroatoms. The highest BCUT2D eigenvalue weighted by atomic mass is 16.2. The first-order chi connectivity index (χ1) is 14.3. The summed E-state index contributed by atoms with van der Waals surface area (Å²) in [6.07, 6.45) is 1.46. The molecule has 30 heavy (non-hydrogen) atoms. The number of nitrogens with one attached hydrogen (secondary N) is 1. The Morgan fingerprint density at radius 3 is 2.23 bits per heavy atom. The zero-order chi connectivity index (χ0) is 21.8. The maximum atomic E-state index is 13.5. The number of nitrogens with zero attached hydrogens (tertiary/aromatic N) is 1. The second-order valence-corrected chi connectivity index (χ2v) is 8.12. The lowest BCUT2D eigenvalue weighted by Crippen LogP contribution is -2.38. The Kier molecular flexibility index (Phi) is 6.50. The fourth-order valence-electron chi connectivity index (χ4n) is 3.91. The molecule has 5 nitrogen and oxygen atoms in total. The first kappa shape index (κ1) is 21.5. The number of carbonyl (C=O) groups is 1. The van der Waals surface area contributed by atoms with Gasteiger partial charge in [-0.25, -0.2) is 4.79 Å². The van der Waals surface area contributed by atoms with Crippen LogP contribution in [0.5, 0.6) is 0 Å². The highest BCUT2D eigenvalue weighted by Gasteiger charge is 2.24. The minimum Gasteiger partial charge on any atom is -0.290 e. The van der Waals surface area contributed by atoms with Crippen molar-refractivity contribution in [2.75, 3.05) is 0 Å². The molecule has 0 aliphatic rings. The van der Waals surface area contributed by atoms with E-state index in [1.807, 2.05) is 64.1 Å². The number of hydrogen-bond donors (Lipinski definition) is 1. The number of rotatable bonds is 7. The van der Waals surface area contributed by atoms with Crippen molar-refractivity contribution >= 4 is 5.78 Å². The first-order valence-corrected chi connectivity index (χ1v) is 10.3. The maximum Gasteiger partial charge on any atom is 0.328 e. The second-order valence-electron chi connectivity index (χ2n) is 8.12. The summed E-state index contributed by atoms with van der Waals surface area (Å²) in [4.78, 5) is 41.2. The van der Waals surface area contributed by atoms with Crippen molar-refractivity contribution in [1.29, 1.82) is 0 Å². The first-order valence-electron chi connectivity index (χ1n) is 10.3. The molecule has 0 fully saturated rings. The van der Waals surface area contributed by atoms with E-state index < -0.39 is 11.2 Å². The van der Waals surface area contributed by atoms with Crippen LogP contribution in [0, 0.1) is 13.8 Å². The summed E-state index contributed by atoms with van der Waals surface area (Å²) in [6, 6.07) is 15.6. The molecule has 3 rings (SSSR count). The number of aromatic nitrogens is 2. The molecule has 0 amide bonds. The van der Waals surface area contributed by atoms with Crippen molar-refractivity contribution in [2.45, 2.75) is 53.0 Å². The van der Waals surface area contributed by atoms with Crippen LogP contribution in [0.25, 0.3) is 0 Å². The summed E-state index contributed by atoms with van der Waals surface area (Å²) >= 11 is 0. The molecule has 0 atom stereocenters. The molecular formula is C25H28N2O3. The number of ketones is 1. The average molecular weight is 405 g/mol. The van der Waals surface area contributed by atoms with Crippen LogP contribution in [0.4, 0.5) is 0 Å². The van der Waals surface area contributed by atoms with E-state index in [0.717, 1.165) is 17.5 Å². The number of carbonyl (C=O) groups excluding carboxylic acids is 1. The fourth-order valence-corrected chi connectivity index (χ4v) is 3.91. The molecule has 156 valence electrons. The fraction of sp³-hybridized carbons (Fsp3) is 0.320. The molecule has 0 bridgehead atoms. The minimum atomic E-state index is -0.537. The Morgan fingerprint density at radius 1 is 1.00 bits per heavy atom. The van der Waals surface area contributed by atoms with Gasteiger partial charge in [-0.3, -0.25) is 19.1 Å². The molecule has 1 aromatic heterocycles. The number of benzene rings is 2. The molecular weight excluding hydrogens is 376 g/mol. The van der Waals surface area contributed by atoms with Crippen LogP contribution in [0.3, 0.4) is 0 Å². The largest absolute Gasteiger partial charge is 0.328 e. The van der Waals surface area contributed by atoms with Gasteiger partial charge in [0, 0.05) is 17.7 Å². The van der Waals surface area contributed by atoms with Crippen LogP contribution < -0.4 is 11.2 Å². The predicted molar refractivity (Wildman–Crippen MR) is 120 cm³/mol. The summed E-state index contributed by atoms with van der Waals surface area (Å²) in [5, 5.41) is 0. The average Bonchev–Trinajstić information content (AvgIpc) is 2.68. The van der Waals surface area contributed by atoms with E-state index in [9.17, 15) is 14.4 Å². The highest BCUT2D eigenvalue weighted by Crippen LogP contribution is 2.20. The van der Waals surface area contributed by atoms with Gasteiger partial charge in [-0.15, -0.1) is 0 Å². The topological polar surface area (TPSA) is 71.9 Å². The van der Waals surface area contributed by atoms with Crippen molar-refractivity contribution < 1.29 is 4.79 Å². The van der Waals surface area contributed by atoms with Crippen LogP contribution in [-0.2, 0) is 13.0 Å². The van der Waals surface area contributed by atoms with Crippen molar-refractivity contribution in [3.8, 4) is 0 Å². The van der Waals surface area contributed by atoms with Gasteiger partial charge in [0.1, 0.15) is 5.69 Å². The number of aryl methyl sites for hydroxylation is 3. The van der Waals surface area contributed by atoms with Crippen molar-refractivity contribution in [2.24, 2.45) is 0 Å². The molecule has 2 aromatic carbocycles. The summed E-state index contributed by atoms with van der Waals surface area (Å²) < 4.78 is 1.44. The zero-order valence-corrected chi connectivity index (χ0v) is 18.0. The van der Waals surface area contributed by atoms with Crippen LogP contribution in [0.1, 0.15) is 64.5 Å². The Bertz CT molecular complexity index is 1150. The Labute approximate surface area is 176 Å². The van der Waals surface area contributed by atoms with Crippen LogP contribution >= 0.6 is 0 Å². The van der Waals surface area contributed by atoms with Crippen molar-refractivity contribution in [3.63, 3.8) is 0 Å². The van der Waals surface area contributed by atoms with Gasteiger partial charge in [0.05, 0.1) is 0 Å². The normalized spacial score (nSPS) is 11.1. The van der Waals surface area contributed by atoms with Crippen LogP contribution in [0.2, 0.25) is 0 Å². The van der Waals surface area contributed by atoms with E-state index >= 15 is 0 Å². The Morgan fingerprint density at radius 2 is 1.63 bits per heavy atom. The quantitative estimate of drug-likeness (QED) is 0.602. The molecule has 1 heterocycles. The van der Waals surface area contributed by atoms with Gasteiger partial charge in [-0.05, 0) is 50.3 Å². The second kappa shape index (κ2) is 9.08. The molecule has 0 radical (unpaired) electrons. The van der Waals surface area contributed by atoms with Gasteiger partial charge >= 0.3 is 5.69 Å². The lowest BCUT2D eigenvalue weighted by Gasteiger charge is -2.18. The molecule has 0 saturated heterocycles. The molecule has 1 N–H and O–H groups in total. The molecule has 3 aromatic rings.